The first-order valence-corrected chi connectivity index (χ1v) is 6.16. The summed E-state index contributed by atoms with van der Waals surface area (Å²) in [7, 11) is 3.02. The summed E-state index contributed by atoms with van der Waals surface area (Å²) in [6, 6.07) is 13.6. The number of aliphatic hydroxyl groups excluding tert-OH is 1. The minimum absolute atomic E-state index is 0.378. The van der Waals surface area contributed by atoms with E-state index >= 15 is 0 Å². The quantitative estimate of drug-likeness (QED) is 0.850. The van der Waals surface area contributed by atoms with Crippen LogP contribution in [0.3, 0.4) is 0 Å². The number of Topliss-reactive ketones (excluding diaryl/α,β-unsaturated/α-hetero) is 1. The maximum atomic E-state index is 12.3. The average molecular weight is 272 g/mol. The number of rotatable bonds is 5. The zero-order valence-electron chi connectivity index (χ0n) is 11.4. The highest BCUT2D eigenvalue weighted by molar-refractivity contribution is 6.00. The first-order valence-electron chi connectivity index (χ1n) is 6.16. The molecule has 0 saturated carbocycles. The van der Waals surface area contributed by atoms with Crippen molar-refractivity contribution in [3.8, 4) is 11.5 Å². The lowest BCUT2D eigenvalue weighted by Gasteiger charge is -2.15. The number of carbonyl (C=O) groups excluding carboxylic acids is 1. The first-order chi connectivity index (χ1) is 9.67. The van der Waals surface area contributed by atoms with E-state index < -0.39 is 6.10 Å². The number of ether oxygens (including phenoxy) is 2. The normalized spacial score (nSPS) is 11.8. The lowest BCUT2D eigenvalue weighted by atomic mass is 9.99. The summed E-state index contributed by atoms with van der Waals surface area (Å²) in [5.41, 5.74) is 0.838. The average Bonchev–Trinajstić information content (AvgIpc) is 2.53. The number of hydrogen-bond acceptors (Lipinski definition) is 4. The molecule has 0 aromatic heterocycles. The highest BCUT2D eigenvalue weighted by Crippen LogP contribution is 2.31. The van der Waals surface area contributed by atoms with Crippen molar-refractivity contribution in [3.63, 3.8) is 0 Å². The Morgan fingerprint density at radius 3 is 2.35 bits per heavy atom. The van der Waals surface area contributed by atoms with Gasteiger partial charge in [0.15, 0.2) is 5.78 Å². The van der Waals surface area contributed by atoms with Gasteiger partial charge in [-0.25, -0.2) is 0 Å². The van der Waals surface area contributed by atoms with Crippen LogP contribution in [0.25, 0.3) is 0 Å². The van der Waals surface area contributed by atoms with Gasteiger partial charge < -0.3 is 14.6 Å². The van der Waals surface area contributed by atoms with E-state index in [-0.39, 0.29) is 5.78 Å². The number of ketones is 1. The molecule has 0 aliphatic rings. The van der Waals surface area contributed by atoms with Crippen LogP contribution in [-0.2, 0) is 0 Å². The number of methoxy groups -OCH3 is 2. The number of carbonyl (C=O) groups is 1. The molecule has 104 valence electrons. The van der Waals surface area contributed by atoms with Crippen LogP contribution < -0.4 is 9.47 Å². The van der Waals surface area contributed by atoms with E-state index in [1.165, 1.54) is 14.2 Å². The Bertz CT molecular complexity index is 593. The predicted molar refractivity (Wildman–Crippen MR) is 75.3 cm³/mol. The van der Waals surface area contributed by atoms with Crippen LogP contribution in [0.5, 0.6) is 11.5 Å². The van der Waals surface area contributed by atoms with Gasteiger partial charge in [0, 0.05) is 11.1 Å². The van der Waals surface area contributed by atoms with Gasteiger partial charge in [-0.15, -0.1) is 0 Å². The Kier molecular flexibility index (Phi) is 4.38. The lowest BCUT2D eigenvalue weighted by molar-refractivity contribution is 0.0742. The zero-order valence-corrected chi connectivity index (χ0v) is 11.4. The summed E-state index contributed by atoms with van der Waals surface area (Å²) in [6.07, 6.45) is -1.29. The molecule has 1 unspecified atom stereocenters. The van der Waals surface area contributed by atoms with E-state index in [2.05, 4.69) is 0 Å². The van der Waals surface area contributed by atoms with Gasteiger partial charge in [-0.3, -0.25) is 4.79 Å². The summed E-state index contributed by atoms with van der Waals surface area (Å²) in [5.74, 6) is 0.625. The molecule has 0 bridgehead atoms. The van der Waals surface area contributed by atoms with Crippen LogP contribution in [-0.4, -0.2) is 25.1 Å². The summed E-state index contributed by atoms with van der Waals surface area (Å²) < 4.78 is 10.3. The molecule has 0 fully saturated rings. The molecule has 20 heavy (non-hydrogen) atoms. The van der Waals surface area contributed by atoms with Crippen LogP contribution in [0.15, 0.2) is 48.5 Å². The maximum Gasteiger partial charge on any atom is 0.195 e. The summed E-state index contributed by atoms with van der Waals surface area (Å²) in [4.78, 5) is 12.3. The van der Waals surface area contributed by atoms with E-state index in [0.29, 0.717) is 22.6 Å². The topological polar surface area (TPSA) is 55.8 Å². The Hall–Kier alpha value is -2.33. The molecular weight excluding hydrogens is 256 g/mol. The van der Waals surface area contributed by atoms with E-state index in [4.69, 9.17) is 9.47 Å². The fraction of sp³-hybridized carbons (Fsp3) is 0.188. The van der Waals surface area contributed by atoms with Crippen molar-refractivity contribution in [2.24, 2.45) is 0 Å². The van der Waals surface area contributed by atoms with E-state index in [1.807, 2.05) is 6.07 Å². The summed E-state index contributed by atoms with van der Waals surface area (Å²) in [6.45, 7) is 0. The second kappa shape index (κ2) is 6.21. The van der Waals surface area contributed by atoms with Gasteiger partial charge in [-0.1, -0.05) is 30.3 Å². The van der Waals surface area contributed by atoms with Gasteiger partial charge in [-0.05, 0) is 18.2 Å². The molecule has 4 heteroatoms. The minimum atomic E-state index is -1.29. The van der Waals surface area contributed by atoms with Gasteiger partial charge in [0.2, 0.25) is 0 Å². The van der Waals surface area contributed by atoms with Crippen LogP contribution in [0.4, 0.5) is 0 Å². The van der Waals surface area contributed by atoms with Crippen LogP contribution in [0, 0.1) is 0 Å². The van der Waals surface area contributed by atoms with Gasteiger partial charge in [0.1, 0.15) is 17.6 Å². The third kappa shape index (κ3) is 2.81. The lowest BCUT2D eigenvalue weighted by Crippen LogP contribution is -2.13. The second-order valence-corrected chi connectivity index (χ2v) is 4.24. The van der Waals surface area contributed by atoms with E-state index in [0.717, 1.165) is 0 Å². The van der Waals surface area contributed by atoms with E-state index in [1.54, 1.807) is 42.5 Å². The molecule has 2 aromatic carbocycles. The second-order valence-electron chi connectivity index (χ2n) is 4.24. The van der Waals surface area contributed by atoms with Crippen molar-refractivity contribution in [1.82, 2.24) is 0 Å². The number of aliphatic hydroxyl groups is 1. The molecule has 0 aliphatic carbocycles. The van der Waals surface area contributed by atoms with Crippen molar-refractivity contribution < 1.29 is 19.4 Å². The third-order valence-corrected chi connectivity index (χ3v) is 3.04. The van der Waals surface area contributed by atoms with Crippen molar-refractivity contribution in [1.29, 1.82) is 0 Å². The molecule has 0 radical (unpaired) electrons. The van der Waals surface area contributed by atoms with Crippen LogP contribution >= 0.6 is 0 Å². The highest BCUT2D eigenvalue weighted by atomic mass is 16.5. The summed E-state index contributed by atoms with van der Waals surface area (Å²) >= 11 is 0. The molecule has 4 nitrogen and oxygen atoms in total. The van der Waals surface area contributed by atoms with Crippen molar-refractivity contribution in [2.45, 2.75) is 6.10 Å². The fourth-order valence-electron chi connectivity index (χ4n) is 1.95. The molecule has 2 aromatic rings. The van der Waals surface area contributed by atoms with Gasteiger partial charge in [0.05, 0.1) is 14.2 Å². The molecule has 0 amide bonds. The molecule has 0 spiro atoms. The molecule has 2 rings (SSSR count). The monoisotopic (exact) mass is 272 g/mol. The fourth-order valence-corrected chi connectivity index (χ4v) is 1.95. The van der Waals surface area contributed by atoms with Gasteiger partial charge in [-0.2, -0.15) is 0 Å². The Morgan fingerprint density at radius 2 is 1.75 bits per heavy atom. The smallest absolute Gasteiger partial charge is 0.195 e. The molecule has 1 atom stereocenters. The highest BCUT2D eigenvalue weighted by Gasteiger charge is 2.23. The largest absolute Gasteiger partial charge is 0.497 e. The molecule has 0 aliphatic heterocycles. The van der Waals surface area contributed by atoms with Gasteiger partial charge >= 0.3 is 0 Å². The Morgan fingerprint density at radius 1 is 1.05 bits per heavy atom. The van der Waals surface area contributed by atoms with E-state index in [9.17, 15) is 9.90 Å². The van der Waals surface area contributed by atoms with Gasteiger partial charge in [0.25, 0.3) is 0 Å². The third-order valence-electron chi connectivity index (χ3n) is 3.04. The van der Waals surface area contributed by atoms with Crippen LogP contribution in [0.1, 0.15) is 22.0 Å². The standard InChI is InChI=1S/C16H16O4/c1-19-12-8-9-14(20-2)13(10-12)16(18)15(17)11-6-4-3-5-7-11/h3-10,16,18H,1-2H3. The Labute approximate surface area is 117 Å². The molecular formula is C16H16O4. The maximum absolute atomic E-state index is 12.3. The zero-order chi connectivity index (χ0) is 14.5. The van der Waals surface area contributed by atoms with Crippen molar-refractivity contribution in [3.05, 3.63) is 59.7 Å². The minimum Gasteiger partial charge on any atom is -0.497 e. The SMILES string of the molecule is COc1ccc(OC)c(C(O)C(=O)c2ccccc2)c1. The predicted octanol–water partition coefficient (Wildman–Crippen LogP) is 2.62. The molecule has 0 heterocycles. The Balaban J connectivity index is 2.37. The van der Waals surface area contributed by atoms with Crippen LogP contribution in [0.2, 0.25) is 0 Å². The molecule has 1 N–H and O–H groups in total. The number of benzene rings is 2. The first kappa shape index (κ1) is 14.1. The van der Waals surface area contributed by atoms with Crippen molar-refractivity contribution >= 4 is 5.78 Å². The number of hydrogen-bond donors (Lipinski definition) is 1. The van der Waals surface area contributed by atoms with Crippen molar-refractivity contribution in [2.75, 3.05) is 14.2 Å². The summed E-state index contributed by atoms with van der Waals surface area (Å²) in [5, 5.41) is 10.3. The molecule has 0 saturated heterocycles.